The number of Topliss-reactive ketones (excluding diaryl/α,β-unsaturated/α-hetero) is 1. The number of hydrogen-bond acceptors (Lipinski definition) is 20. The van der Waals surface area contributed by atoms with E-state index in [0.29, 0.717) is 67.9 Å². The number of phenols is 1. The van der Waals surface area contributed by atoms with Crippen LogP contribution >= 0.6 is 33.2 Å². The zero-order chi connectivity index (χ0) is 70.6. The van der Waals surface area contributed by atoms with Crippen molar-refractivity contribution in [2.45, 2.75) is 57.2 Å². The number of aromatic nitrogens is 6. The number of carboxylic acid groups (broad SMARTS) is 3. The average Bonchev–Trinajstić information content (AvgIpc) is 1.61. The highest BCUT2D eigenvalue weighted by molar-refractivity contribution is 8.76. The van der Waals surface area contributed by atoms with Gasteiger partial charge in [0.1, 0.15) is 35.0 Å². The smallest absolute Gasteiger partial charge is 0.327 e. The summed E-state index contributed by atoms with van der Waals surface area (Å²) in [7, 11) is 2.19. The van der Waals surface area contributed by atoms with Crippen LogP contribution in [0.4, 0.5) is 28.7 Å². The first-order valence-corrected chi connectivity index (χ1v) is 33.9. The van der Waals surface area contributed by atoms with Crippen molar-refractivity contribution in [3.8, 4) is 5.75 Å². The second kappa shape index (κ2) is 31.9. The molecule has 5 heterocycles. The van der Waals surface area contributed by atoms with Gasteiger partial charge in [-0.25, -0.2) is 19.6 Å². The number of ketones is 1. The van der Waals surface area contributed by atoms with Crippen LogP contribution in [0.25, 0.3) is 43.7 Å². The molecule has 0 saturated heterocycles. The molecule has 5 aromatic carbocycles. The van der Waals surface area contributed by atoms with Crippen LogP contribution in [0, 0.1) is 5.92 Å². The summed E-state index contributed by atoms with van der Waals surface area (Å²) in [5.41, 5.74) is 10.2. The van der Waals surface area contributed by atoms with E-state index in [1.54, 1.807) is 66.4 Å². The van der Waals surface area contributed by atoms with Gasteiger partial charge < -0.3 is 72.9 Å². The molecule has 1 aliphatic rings. The van der Waals surface area contributed by atoms with E-state index in [1.807, 2.05) is 24.3 Å². The third-order valence-corrected chi connectivity index (χ3v) is 19.0. The van der Waals surface area contributed by atoms with Crippen LogP contribution in [0.3, 0.4) is 0 Å². The van der Waals surface area contributed by atoms with Crippen LogP contribution in [-0.2, 0) is 40.1 Å². The molecule has 15 N–H and O–H groups in total. The third-order valence-electron chi connectivity index (χ3n) is 16.2. The summed E-state index contributed by atoms with van der Waals surface area (Å²) < 4.78 is 0. The number of benzene rings is 5. The van der Waals surface area contributed by atoms with Crippen LogP contribution < -0.4 is 48.1 Å². The summed E-state index contributed by atoms with van der Waals surface area (Å²) in [5.74, 6) is -9.67. The van der Waals surface area contributed by atoms with Gasteiger partial charge in [0, 0.05) is 112 Å². The molecule has 1 aliphatic heterocycles. The van der Waals surface area contributed by atoms with E-state index in [1.165, 1.54) is 35.4 Å². The molecule has 30 nitrogen and oxygen atoms in total. The summed E-state index contributed by atoms with van der Waals surface area (Å²) in [5, 5.41) is 59.2. The Morgan fingerprint density at radius 2 is 1.42 bits per heavy atom. The molecular formula is C66H66ClN15O15S2. The normalized spacial score (nSPS) is 13.6. The van der Waals surface area contributed by atoms with Crippen molar-refractivity contribution in [1.29, 1.82) is 0 Å². The van der Waals surface area contributed by atoms with Crippen LogP contribution in [0.5, 0.6) is 5.75 Å². The Kier molecular flexibility index (Phi) is 22.7. The summed E-state index contributed by atoms with van der Waals surface area (Å²) >= 11 is 6.41. The molecule has 6 amide bonds. The van der Waals surface area contributed by atoms with Gasteiger partial charge in [-0.15, -0.1) is 11.6 Å². The Balaban J connectivity index is 0.682. The summed E-state index contributed by atoms with van der Waals surface area (Å²) in [6.45, 7) is 0.898. The van der Waals surface area contributed by atoms with Gasteiger partial charge in [0.25, 0.3) is 23.3 Å². The highest BCUT2D eigenvalue weighted by atomic mass is 35.5. The summed E-state index contributed by atoms with van der Waals surface area (Å²) in [6, 6.07) is 25.4. The molecule has 99 heavy (non-hydrogen) atoms. The number of hydrogen-bond donors (Lipinski definition) is 14. The zero-order valence-corrected chi connectivity index (χ0v) is 55.1. The van der Waals surface area contributed by atoms with Crippen LogP contribution in [0.15, 0.2) is 114 Å². The number of carbonyl (C=O) groups is 10. The molecule has 4 aromatic heterocycles. The fourth-order valence-corrected chi connectivity index (χ4v) is 13.5. The molecule has 0 fully saturated rings. The number of aliphatic carboxylic acids is 3. The molecule has 0 radical (unpaired) electrons. The van der Waals surface area contributed by atoms with Gasteiger partial charge >= 0.3 is 17.9 Å². The van der Waals surface area contributed by atoms with Crippen molar-refractivity contribution in [3.63, 3.8) is 0 Å². The SMILES string of the molecule is CCN(CC(=O)O)CC(=O)NCC(CC(=O)CCC(NC(=O)c1ccc(NCc2cnc3nc(N)[nH]c(=O)c3n2)cc1)C(=O)O)C(=O)NC(CSSCCC(=O)Nc1ccc2[nH]c(C(=O)Nc3ccc4[nH]c(C(=O)N5CC(CCl)c6c5cc(O)c5ccccc65)cc4c3)cc2c1)C(=O)O. The second-order valence-corrected chi connectivity index (χ2v) is 26.1. The van der Waals surface area contributed by atoms with E-state index >= 15 is 0 Å². The number of aromatic hydroxyl groups is 1. The number of nitrogens with two attached hydrogens (primary N) is 1. The Morgan fingerprint density at radius 3 is 2.11 bits per heavy atom. The minimum absolute atomic E-state index is 0.0137. The fraction of sp³-hybridized carbons (Fsp3) is 0.273. The molecule has 0 saturated carbocycles. The molecule has 4 unspecified atom stereocenters. The van der Waals surface area contributed by atoms with Crippen LogP contribution in [0.1, 0.15) is 81.1 Å². The van der Waals surface area contributed by atoms with E-state index in [9.17, 15) is 73.2 Å². The maximum atomic E-state index is 14.1. The fourth-order valence-electron chi connectivity index (χ4n) is 11.1. The van der Waals surface area contributed by atoms with Gasteiger partial charge in [-0.05, 0) is 96.7 Å². The number of aromatic amines is 3. The van der Waals surface area contributed by atoms with E-state index in [2.05, 4.69) is 61.8 Å². The predicted octanol–water partition coefficient (Wildman–Crippen LogP) is 6.00. The minimum atomic E-state index is -1.58. The van der Waals surface area contributed by atoms with Gasteiger partial charge in [-0.2, -0.15) is 4.98 Å². The lowest BCUT2D eigenvalue weighted by molar-refractivity contribution is -0.142. The molecule has 4 atom stereocenters. The number of H-pyrrole nitrogens is 3. The number of carboxylic acids is 3. The number of likely N-dealkylation sites (N-methyl/N-ethyl adjacent to an activating group) is 1. The van der Waals surface area contributed by atoms with Gasteiger partial charge in [0.2, 0.25) is 23.7 Å². The Labute approximate surface area is 574 Å². The maximum absolute atomic E-state index is 14.1. The van der Waals surface area contributed by atoms with Crippen molar-refractivity contribution >= 4 is 165 Å². The van der Waals surface area contributed by atoms with Crippen molar-refractivity contribution in [2.24, 2.45) is 5.92 Å². The van der Waals surface area contributed by atoms with Crippen LogP contribution in [0.2, 0.25) is 0 Å². The Bertz CT molecular complexity index is 4700. The summed E-state index contributed by atoms with van der Waals surface area (Å²) in [6.07, 6.45) is -0.101. The average molecular weight is 1410 g/mol. The molecule has 0 spiro atoms. The largest absolute Gasteiger partial charge is 0.507 e. The van der Waals surface area contributed by atoms with Gasteiger partial charge in [0.05, 0.1) is 43.1 Å². The molecule has 10 rings (SSSR count). The van der Waals surface area contributed by atoms with E-state index in [4.69, 9.17) is 17.3 Å². The first kappa shape index (κ1) is 70.7. The van der Waals surface area contributed by atoms with E-state index < -0.39 is 103 Å². The quantitative estimate of drug-likeness (QED) is 0.0130. The summed E-state index contributed by atoms with van der Waals surface area (Å²) in [4.78, 5) is 167. The van der Waals surface area contributed by atoms with Crippen molar-refractivity contribution < 1.29 is 68.4 Å². The lowest BCUT2D eigenvalue weighted by atomic mass is 9.95. The lowest BCUT2D eigenvalue weighted by Crippen LogP contribution is -2.49. The number of anilines is 5. The number of nitrogens with zero attached hydrogens (tertiary/aromatic N) is 5. The molecular weight excluding hydrogens is 1340 g/mol. The standard InChI is InChI=1S/C66H66ClN15O15S2/c1-2-81(31-55(87)88)30-54(86)70-26-36(21-42(83)13-16-47(64(94)95)77-59(89)33-7-9-38(10-8-33)69-27-41-28-71-58-57(73-41)62(92)80-66(68)79-58)60(90)78-50(65(96)97)32-99-98-18-17-53(85)72-39-11-14-45-34(19-39)22-48(75-45)61(91)74-40-12-15-46-35(20-40)23-49(76-46)63(93)82-29-37(25-67)56-44-6-4-3-5-43(44)52(84)24-51(56)82/h3-12,14-15,19-20,22-24,28,36-37,47,50,69,75-76,84H,2,13,16-18,21,25-27,29-32H2,1H3,(H,70,86)(H,72,85)(H,74,91)(H,77,89)(H,78,90)(H,87,88)(H,94,95)(H,96,97)(H3,68,71,79,80,92). The second-order valence-electron chi connectivity index (χ2n) is 23.1. The van der Waals surface area contributed by atoms with Crippen molar-refractivity contribution in [3.05, 3.63) is 148 Å². The lowest BCUT2D eigenvalue weighted by Gasteiger charge is -2.22. The maximum Gasteiger partial charge on any atom is 0.327 e. The number of amides is 6. The third kappa shape index (κ3) is 17.7. The molecule has 33 heteroatoms. The number of phenolic OH excluding ortho intramolecular Hbond substituents is 1. The predicted molar refractivity (Wildman–Crippen MR) is 373 cm³/mol. The molecule has 514 valence electrons. The molecule has 9 aromatic rings. The number of halogens is 1. The Hall–Kier alpha value is -11.1. The molecule has 0 aliphatic carbocycles. The van der Waals surface area contributed by atoms with Gasteiger partial charge in [-0.1, -0.05) is 52.8 Å². The number of nitrogens with one attached hydrogen (secondary N) is 9. The zero-order valence-electron chi connectivity index (χ0n) is 52.7. The van der Waals surface area contributed by atoms with Gasteiger partial charge in [-0.3, -0.25) is 53.0 Å². The highest BCUT2D eigenvalue weighted by Gasteiger charge is 2.36. The number of nitrogen functional groups attached to an aromatic ring is 1. The van der Waals surface area contributed by atoms with Crippen LogP contribution in [-0.4, -0.2) is 177 Å². The number of fused-ring (bicyclic) bond motifs is 6. The number of rotatable bonds is 32. The number of alkyl halides is 1. The monoisotopic (exact) mass is 1410 g/mol. The molecule has 0 bridgehead atoms. The topological polar surface area (TPSA) is 459 Å². The van der Waals surface area contributed by atoms with E-state index in [-0.39, 0.29) is 95.3 Å². The minimum Gasteiger partial charge on any atom is -0.507 e. The number of carbonyl (C=O) groups excluding carboxylic acids is 7. The first-order valence-electron chi connectivity index (χ1n) is 30.9. The van der Waals surface area contributed by atoms with E-state index in [0.717, 1.165) is 32.5 Å². The Morgan fingerprint density at radius 1 is 0.747 bits per heavy atom. The van der Waals surface area contributed by atoms with Crippen molar-refractivity contribution in [2.75, 3.05) is 76.7 Å². The highest BCUT2D eigenvalue weighted by Crippen LogP contribution is 2.46. The van der Waals surface area contributed by atoms with Crippen molar-refractivity contribution in [1.82, 2.24) is 50.8 Å². The first-order chi connectivity index (χ1) is 47.5. The van der Waals surface area contributed by atoms with Gasteiger partial charge in [0.15, 0.2) is 11.2 Å².